The summed E-state index contributed by atoms with van der Waals surface area (Å²) in [7, 11) is 0. The van der Waals surface area contributed by atoms with Gasteiger partial charge in [-0.25, -0.2) is 0 Å². The van der Waals surface area contributed by atoms with E-state index in [0.717, 1.165) is 0 Å². The van der Waals surface area contributed by atoms with Crippen molar-refractivity contribution in [3.05, 3.63) is 37.2 Å². The first-order valence-electron chi connectivity index (χ1n) is 3.93. The summed E-state index contributed by atoms with van der Waals surface area (Å²) in [6.45, 7) is 10.2. The second-order valence-electron chi connectivity index (χ2n) is 3.08. The Bertz CT molecular complexity index is 257. The highest BCUT2D eigenvalue weighted by Crippen LogP contribution is 2.10. The Morgan fingerprint density at radius 3 is 2.31 bits per heavy atom. The summed E-state index contributed by atoms with van der Waals surface area (Å²) in [5, 5.41) is 9.67. The zero-order valence-corrected chi connectivity index (χ0v) is 8.12. The van der Waals surface area contributed by atoms with Gasteiger partial charge in [0.1, 0.15) is 5.60 Å². The molecule has 0 aromatic carbocycles. The standard InChI is InChI=1S/C10H16N2O/c1-5-7-8(11)9(12-6-2)10(3,4)13/h5-7,13H,1-2,11H2,3-4H3/b8-7+,12-9?. The van der Waals surface area contributed by atoms with Crippen molar-refractivity contribution in [2.24, 2.45) is 10.7 Å². The van der Waals surface area contributed by atoms with Gasteiger partial charge in [-0.05, 0) is 19.9 Å². The van der Waals surface area contributed by atoms with Crippen LogP contribution in [-0.4, -0.2) is 16.4 Å². The summed E-state index contributed by atoms with van der Waals surface area (Å²) < 4.78 is 0. The number of nitrogens with zero attached hydrogens (tertiary/aromatic N) is 1. The maximum Gasteiger partial charge on any atom is 0.103 e. The van der Waals surface area contributed by atoms with Crippen LogP contribution in [0.15, 0.2) is 42.2 Å². The minimum absolute atomic E-state index is 0.391. The van der Waals surface area contributed by atoms with E-state index in [0.29, 0.717) is 11.4 Å². The molecule has 3 N–H and O–H groups in total. The van der Waals surface area contributed by atoms with Crippen molar-refractivity contribution in [2.45, 2.75) is 19.4 Å². The molecule has 0 unspecified atom stereocenters. The number of hydrogen-bond donors (Lipinski definition) is 2. The van der Waals surface area contributed by atoms with Crippen LogP contribution in [0.1, 0.15) is 13.8 Å². The van der Waals surface area contributed by atoms with Crippen LogP contribution in [0, 0.1) is 0 Å². The fourth-order valence-corrected chi connectivity index (χ4v) is 0.883. The Balaban J connectivity index is 5.06. The maximum atomic E-state index is 9.67. The van der Waals surface area contributed by atoms with Crippen LogP contribution in [0.2, 0.25) is 0 Å². The SMILES string of the molecule is C=C/C=C(/N)C(=NC=C)C(C)(C)O. The number of nitrogens with two attached hydrogens (primary N) is 1. The first-order valence-corrected chi connectivity index (χ1v) is 3.93. The zero-order valence-electron chi connectivity index (χ0n) is 8.12. The molecule has 13 heavy (non-hydrogen) atoms. The fraction of sp³-hybridized carbons (Fsp3) is 0.300. The van der Waals surface area contributed by atoms with E-state index >= 15 is 0 Å². The smallest absolute Gasteiger partial charge is 0.103 e. The van der Waals surface area contributed by atoms with E-state index in [2.05, 4.69) is 18.2 Å². The summed E-state index contributed by atoms with van der Waals surface area (Å²) >= 11 is 0. The van der Waals surface area contributed by atoms with Gasteiger partial charge in [0.2, 0.25) is 0 Å². The van der Waals surface area contributed by atoms with Crippen molar-refractivity contribution in [1.29, 1.82) is 0 Å². The van der Waals surface area contributed by atoms with Crippen LogP contribution in [0.3, 0.4) is 0 Å². The molecule has 0 rings (SSSR count). The molecular weight excluding hydrogens is 164 g/mol. The lowest BCUT2D eigenvalue weighted by Gasteiger charge is -2.19. The van der Waals surface area contributed by atoms with E-state index in [9.17, 15) is 5.11 Å². The van der Waals surface area contributed by atoms with Crippen molar-refractivity contribution in [2.75, 3.05) is 0 Å². The summed E-state index contributed by atoms with van der Waals surface area (Å²) in [4.78, 5) is 3.90. The summed E-state index contributed by atoms with van der Waals surface area (Å²) in [6, 6.07) is 0. The lowest BCUT2D eigenvalue weighted by atomic mass is 10.00. The molecule has 0 amide bonds. The third-order valence-electron chi connectivity index (χ3n) is 1.37. The molecule has 0 aromatic heterocycles. The molecule has 3 nitrogen and oxygen atoms in total. The third-order valence-corrected chi connectivity index (χ3v) is 1.37. The number of aliphatic hydroxyl groups is 1. The van der Waals surface area contributed by atoms with Crippen molar-refractivity contribution in [1.82, 2.24) is 0 Å². The van der Waals surface area contributed by atoms with E-state index in [1.807, 2.05) is 0 Å². The number of allylic oxidation sites excluding steroid dienone is 2. The Labute approximate surface area is 79.0 Å². The zero-order chi connectivity index (χ0) is 10.5. The van der Waals surface area contributed by atoms with E-state index < -0.39 is 5.60 Å². The largest absolute Gasteiger partial charge is 0.397 e. The van der Waals surface area contributed by atoms with Gasteiger partial charge >= 0.3 is 0 Å². The van der Waals surface area contributed by atoms with Crippen molar-refractivity contribution in [3.8, 4) is 0 Å². The molecule has 0 heterocycles. The Morgan fingerprint density at radius 1 is 1.46 bits per heavy atom. The third kappa shape index (κ3) is 3.71. The molecule has 0 saturated heterocycles. The van der Waals surface area contributed by atoms with Crippen LogP contribution < -0.4 is 5.73 Å². The van der Waals surface area contributed by atoms with Gasteiger partial charge in [-0.15, -0.1) is 0 Å². The molecule has 0 aliphatic rings. The number of rotatable bonds is 4. The van der Waals surface area contributed by atoms with Gasteiger partial charge in [0.25, 0.3) is 0 Å². The minimum atomic E-state index is -1.07. The van der Waals surface area contributed by atoms with Crippen LogP contribution in [0.25, 0.3) is 0 Å². The van der Waals surface area contributed by atoms with Gasteiger partial charge in [-0.2, -0.15) is 0 Å². The van der Waals surface area contributed by atoms with Gasteiger partial charge in [0.05, 0.1) is 11.4 Å². The molecule has 0 aromatic rings. The molecular formula is C10H16N2O. The van der Waals surface area contributed by atoms with E-state index in [1.54, 1.807) is 26.0 Å². The average Bonchev–Trinajstić information content (AvgIpc) is 1.98. The summed E-state index contributed by atoms with van der Waals surface area (Å²) in [5.74, 6) is 0. The first-order chi connectivity index (χ1) is 5.93. The van der Waals surface area contributed by atoms with E-state index in [1.165, 1.54) is 6.20 Å². The summed E-state index contributed by atoms with van der Waals surface area (Å²) in [6.07, 6.45) is 4.47. The van der Waals surface area contributed by atoms with Crippen LogP contribution >= 0.6 is 0 Å². The summed E-state index contributed by atoms with van der Waals surface area (Å²) in [5.41, 5.74) is 5.36. The van der Waals surface area contributed by atoms with Gasteiger partial charge < -0.3 is 10.8 Å². The topological polar surface area (TPSA) is 58.6 Å². The molecule has 0 aliphatic heterocycles. The first kappa shape index (κ1) is 11.6. The highest BCUT2D eigenvalue weighted by atomic mass is 16.3. The highest BCUT2D eigenvalue weighted by Gasteiger charge is 2.22. The molecule has 0 atom stereocenters. The molecule has 72 valence electrons. The molecule has 0 aliphatic carbocycles. The van der Waals surface area contributed by atoms with Crippen LogP contribution in [0.4, 0.5) is 0 Å². The number of aliphatic imine (C=N–C) groups is 1. The maximum absolute atomic E-state index is 9.67. The van der Waals surface area contributed by atoms with Crippen LogP contribution in [-0.2, 0) is 0 Å². The molecule has 0 fully saturated rings. The molecule has 0 radical (unpaired) electrons. The quantitative estimate of drug-likeness (QED) is 0.507. The van der Waals surface area contributed by atoms with E-state index in [-0.39, 0.29) is 0 Å². The van der Waals surface area contributed by atoms with Crippen LogP contribution in [0.5, 0.6) is 0 Å². The highest BCUT2D eigenvalue weighted by molar-refractivity contribution is 6.05. The average molecular weight is 180 g/mol. The lowest BCUT2D eigenvalue weighted by Crippen LogP contribution is -2.35. The van der Waals surface area contributed by atoms with E-state index in [4.69, 9.17) is 5.73 Å². The van der Waals surface area contributed by atoms with Crippen molar-refractivity contribution >= 4 is 5.71 Å². The lowest BCUT2D eigenvalue weighted by molar-refractivity contribution is 0.154. The van der Waals surface area contributed by atoms with Gasteiger partial charge in [-0.3, -0.25) is 4.99 Å². The predicted octanol–water partition coefficient (Wildman–Crippen LogP) is 1.37. The Morgan fingerprint density at radius 2 is 2.00 bits per heavy atom. The molecule has 0 bridgehead atoms. The second-order valence-corrected chi connectivity index (χ2v) is 3.08. The Hall–Kier alpha value is -1.35. The molecule has 3 heteroatoms. The minimum Gasteiger partial charge on any atom is -0.397 e. The normalized spacial score (nSPS) is 14.1. The predicted molar refractivity (Wildman–Crippen MR) is 56.4 cm³/mol. The Kier molecular flexibility index (Phi) is 4.14. The molecule has 0 saturated carbocycles. The van der Waals surface area contributed by atoms with Crippen molar-refractivity contribution < 1.29 is 5.11 Å². The van der Waals surface area contributed by atoms with Gasteiger partial charge in [0.15, 0.2) is 0 Å². The number of hydrogen-bond acceptors (Lipinski definition) is 3. The fourth-order valence-electron chi connectivity index (χ4n) is 0.883. The van der Waals surface area contributed by atoms with Crippen molar-refractivity contribution in [3.63, 3.8) is 0 Å². The molecule has 0 spiro atoms. The second kappa shape index (κ2) is 4.62. The van der Waals surface area contributed by atoms with Gasteiger partial charge in [0, 0.05) is 6.20 Å². The monoisotopic (exact) mass is 180 g/mol. The van der Waals surface area contributed by atoms with Gasteiger partial charge in [-0.1, -0.05) is 19.2 Å².